The molecule has 1 aromatic rings. The third-order valence-corrected chi connectivity index (χ3v) is 6.40. The van der Waals surface area contributed by atoms with Gasteiger partial charge in [0.25, 0.3) is 0 Å². The van der Waals surface area contributed by atoms with Crippen LogP contribution in [0.5, 0.6) is 0 Å². The van der Waals surface area contributed by atoms with Crippen LogP contribution in [0.3, 0.4) is 0 Å². The Bertz CT molecular complexity index is 614. The van der Waals surface area contributed by atoms with Gasteiger partial charge in [0.15, 0.2) is 0 Å². The van der Waals surface area contributed by atoms with Crippen LogP contribution in [0.2, 0.25) is 0 Å². The molecule has 2 nitrogen and oxygen atoms in total. The first-order valence-corrected chi connectivity index (χ1v) is 8.52. The van der Waals surface area contributed by atoms with Gasteiger partial charge in [-0.1, -0.05) is 33.3 Å². The first-order valence-electron chi connectivity index (χ1n) is 8.52. The molecule has 120 valence electrons. The number of fused-ring (bicyclic) bond motifs is 3. The number of rotatable bonds is 1. The third-order valence-electron chi connectivity index (χ3n) is 6.40. The van der Waals surface area contributed by atoms with Crippen molar-refractivity contribution in [2.24, 2.45) is 11.3 Å². The normalized spacial score (nSPS) is 29.4. The molecule has 1 aromatic carbocycles. The Morgan fingerprint density at radius 1 is 1.23 bits per heavy atom. The van der Waals surface area contributed by atoms with Crippen LogP contribution in [-0.4, -0.2) is 13.1 Å². The van der Waals surface area contributed by atoms with E-state index in [0.717, 1.165) is 23.5 Å². The SMILES string of the molecule is COC(=O)c1cc2c(cc1C)[C@@]1(C)CCCC(C)(C)[C@@H]1CC2. The van der Waals surface area contributed by atoms with Gasteiger partial charge in [-0.3, -0.25) is 0 Å². The number of ether oxygens (including phenoxy) is 1. The van der Waals surface area contributed by atoms with Crippen molar-refractivity contribution >= 4 is 5.97 Å². The Labute approximate surface area is 134 Å². The lowest BCUT2D eigenvalue weighted by molar-refractivity contribution is 0.0405. The zero-order valence-corrected chi connectivity index (χ0v) is 14.6. The van der Waals surface area contributed by atoms with Crippen LogP contribution in [0, 0.1) is 18.3 Å². The van der Waals surface area contributed by atoms with Crippen LogP contribution in [-0.2, 0) is 16.6 Å². The second-order valence-electron chi connectivity index (χ2n) is 8.17. The lowest BCUT2D eigenvalue weighted by Crippen LogP contribution is -2.48. The van der Waals surface area contributed by atoms with Crippen molar-refractivity contribution in [3.05, 3.63) is 34.4 Å². The Kier molecular flexibility index (Phi) is 3.62. The van der Waals surface area contributed by atoms with Crippen LogP contribution >= 0.6 is 0 Å². The van der Waals surface area contributed by atoms with Gasteiger partial charge in [-0.2, -0.15) is 0 Å². The number of aryl methyl sites for hydroxylation is 2. The Balaban J connectivity index is 2.11. The standard InChI is InChI=1S/C20H28O2/c1-13-11-16-14(12-15(13)18(21)22-5)7-8-17-19(2,3)9-6-10-20(16,17)4/h11-12,17H,6-10H2,1-5H3/t17-,20+/m0/s1. The van der Waals surface area contributed by atoms with Gasteiger partial charge < -0.3 is 4.74 Å². The molecule has 0 amide bonds. The lowest BCUT2D eigenvalue weighted by Gasteiger charge is -2.54. The largest absolute Gasteiger partial charge is 0.465 e. The van der Waals surface area contributed by atoms with E-state index in [9.17, 15) is 4.79 Å². The molecule has 0 N–H and O–H groups in total. The average Bonchev–Trinajstić information content (AvgIpc) is 2.45. The summed E-state index contributed by atoms with van der Waals surface area (Å²) in [5, 5.41) is 0. The fourth-order valence-corrected chi connectivity index (χ4v) is 5.27. The maximum Gasteiger partial charge on any atom is 0.338 e. The second kappa shape index (κ2) is 5.11. The van der Waals surface area contributed by atoms with Crippen LogP contribution in [0.4, 0.5) is 0 Å². The molecule has 0 bridgehead atoms. The summed E-state index contributed by atoms with van der Waals surface area (Å²) < 4.78 is 4.93. The van der Waals surface area contributed by atoms with E-state index in [0.29, 0.717) is 5.41 Å². The first-order chi connectivity index (χ1) is 10.3. The molecule has 22 heavy (non-hydrogen) atoms. The molecule has 0 aromatic heterocycles. The topological polar surface area (TPSA) is 26.3 Å². The first kappa shape index (κ1) is 15.6. The molecule has 3 rings (SSSR count). The maximum absolute atomic E-state index is 12.0. The number of carbonyl (C=O) groups excluding carboxylic acids is 1. The minimum absolute atomic E-state index is 0.212. The quantitative estimate of drug-likeness (QED) is 0.696. The van der Waals surface area contributed by atoms with Gasteiger partial charge in [-0.05, 0) is 72.1 Å². The van der Waals surface area contributed by atoms with E-state index in [-0.39, 0.29) is 11.4 Å². The average molecular weight is 300 g/mol. The Morgan fingerprint density at radius 3 is 2.64 bits per heavy atom. The highest BCUT2D eigenvalue weighted by molar-refractivity contribution is 5.91. The molecule has 2 aliphatic rings. The summed E-state index contributed by atoms with van der Waals surface area (Å²) in [7, 11) is 1.46. The zero-order chi connectivity index (χ0) is 16.1. The molecule has 1 saturated carbocycles. The monoisotopic (exact) mass is 300 g/mol. The summed E-state index contributed by atoms with van der Waals surface area (Å²) in [5.41, 5.74) is 5.31. The van der Waals surface area contributed by atoms with Gasteiger partial charge in [-0.25, -0.2) is 4.79 Å². The van der Waals surface area contributed by atoms with Crippen LogP contribution < -0.4 is 0 Å². The van der Waals surface area contributed by atoms with Gasteiger partial charge in [0, 0.05) is 0 Å². The van der Waals surface area contributed by atoms with Gasteiger partial charge in [0.05, 0.1) is 12.7 Å². The van der Waals surface area contributed by atoms with Gasteiger partial charge in [0.1, 0.15) is 0 Å². The summed E-state index contributed by atoms with van der Waals surface area (Å²) >= 11 is 0. The van der Waals surface area contributed by atoms with E-state index in [1.54, 1.807) is 0 Å². The summed E-state index contributed by atoms with van der Waals surface area (Å²) in [6.07, 6.45) is 6.23. The van der Waals surface area contributed by atoms with E-state index >= 15 is 0 Å². The summed E-state index contributed by atoms with van der Waals surface area (Å²) in [4.78, 5) is 12.0. The van der Waals surface area contributed by atoms with Gasteiger partial charge in [0.2, 0.25) is 0 Å². The number of benzene rings is 1. The molecule has 0 saturated heterocycles. The highest BCUT2D eigenvalue weighted by Crippen LogP contribution is 2.57. The van der Waals surface area contributed by atoms with E-state index in [2.05, 4.69) is 32.9 Å². The predicted octanol–water partition coefficient (Wildman–Crippen LogP) is 4.81. The maximum atomic E-state index is 12.0. The van der Waals surface area contributed by atoms with Crippen molar-refractivity contribution in [1.82, 2.24) is 0 Å². The van der Waals surface area contributed by atoms with E-state index in [1.807, 2.05) is 6.92 Å². The molecule has 0 radical (unpaired) electrons. The summed E-state index contributed by atoms with van der Waals surface area (Å²) in [5.74, 6) is 0.529. The molecule has 0 heterocycles. The number of methoxy groups -OCH3 is 1. The lowest BCUT2D eigenvalue weighted by atomic mass is 9.50. The third kappa shape index (κ3) is 2.19. The fourth-order valence-electron chi connectivity index (χ4n) is 5.27. The highest BCUT2D eigenvalue weighted by Gasteiger charge is 2.49. The van der Waals surface area contributed by atoms with Crippen LogP contribution in [0.1, 0.15) is 73.5 Å². The molecular formula is C20H28O2. The molecule has 2 heteroatoms. The van der Waals surface area contributed by atoms with Crippen LogP contribution in [0.15, 0.2) is 12.1 Å². The van der Waals surface area contributed by atoms with E-state index in [1.165, 1.54) is 43.9 Å². The van der Waals surface area contributed by atoms with Crippen molar-refractivity contribution in [2.75, 3.05) is 7.11 Å². The summed E-state index contributed by atoms with van der Waals surface area (Å²) in [6.45, 7) is 9.37. The molecule has 0 aliphatic heterocycles. The van der Waals surface area contributed by atoms with Gasteiger partial charge >= 0.3 is 5.97 Å². The molecule has 2 atom stereocenters. The zero-order valence-electron chi connectivity index (χ0n) is 14.6. The number of hydrogen-bond donors (Lipinski definition) is 0. The van der Waals surface area contributed by atoms with Crippen molar-refractivity contribution in [3.8, 4) is 0 Å². The Hall–Kier alpha value is -1.31. The molecular weight excluding hydrogens is 272 g/mol. The van der Waals surface area contributed by atoms with Crippen LogP contribution in [0.25, 0.3) is 0 Å². The molecule has 0 spiro atoms. The van der Waals surface area contributed by atoms with Crippen molar-refractivity contribution in [2.45, 2.75) is 65.2 Å². The smallest absolute Gasteiger partial charge is 0.338 e. The Morgan fingerprint density at radius 2 is 1.95 bits per heavy atom. The summed E-state index contributed by atoms with van der Waals surface area (Å²) in [6, 6.07) is 4.37. The van der Waals surface area contributed by atoms with Crippen molar-refractivity contribution in [3.63, 3.8) is 0 Å². The van der Waals surface area contributed by atoms with Crippen molar-refractivity contribution in [1.29, 1.82) is 0 Å². The number of hydrogen-bond acceptors (Lipinski definition) is 2. The fraction of sp³-hybridized carbons (Fsp3) is 0.650. The van der Waals surface area contributed by atoms with E-state index in [4.69, 9.17) is 4.74 Å². The van der Waals surface area contributed by atoms with Gasteiger partial charge in [-0.15, -0.1) is 0 Å². The predicted molar refractivity (Wildman–Crippen MR) is 89.3 cm³/mol. The number of carbonyl (C=O) groups is 1. The minimum Gasteiger partial charge on any atom is -0.465 e. The van der Waals surface area contributed by atoms with E-state index < -0.39 is 0 Å². The molecule has 1 fully saturated rings. The highest BCUT2D eigenvalue weighted by atomic mass is 16.5. The number of esters is 1. The molecule has 2 aliphatic carbocycles. The molecule has 0 unspecified atom stereocenters. The van der Waals surface area contributed by atoms with Crippen molar-refractivity contribution < 1.29 is 9.53 Å². The second-order valence-corrected chi connectivity index (χ2v) is 8.17. The minimum atomic E-state index is -0.212.